The Labute approximate surface area is 120 Å². The molecular formula is C16H23NO3. The number of methoxy groups -OCH3 is 1. The quantitative estimate of drug-likeness (QED) is 0.747. The van der Waals surface area contributed by atoms with E-state index in [2.05, 4.69) is 30.0 Å². The van der Waals surface area contributed by atoms with Gasteiger partial charge in [-0.3, -0.25) is 9.69 Å². The highest BCUT2D eigenvalue weighted by Crippen LogP contribution is 2.27. The van der Waals surface area contributed by atoms with E-state index in [1.807, 2.05) is 6.07 Å². The smallest absolute Gasteiger partial charge is 0.319 e. The first kappa shape index (κ1) is 15.0. The molecule has 1 aromatic carbocycles. The van der Waals surface area contributed by atoms with Gasteiger partial charge in [0.1, 0.15) is 0 Å². The molecule has 1 unspecified atom stereocenters. The number of carbonyl (C=O) groups excluding carboxylic acids is 1. The third-order valence-corrected chi connectivity index (χ3v) is 3.64. The summed E-state index contributed by atoms with van der Waals surface area (Å²) in [5, 5.41) is 0. The average molecular weight is 277 g/mol. The Morgan fingerprint density at radius 3 is 3.00 bits per heavy atom. The van der Waals surface area contributed by atoms with Crippen molar-refractivity contribution in [1.82, 2.24) is 4.90 Å². The minimum atomic E-state index is -0.192. The fraction of sp³-hybridized carbons (Fsp3) is 0.562. The molecule has 2 rings (SSSR count). The van der Waals surface area contributed by atoms with Crippen LogP contribution in [0.15, 0.2) is 24.3 Å². The number of rotatable bonds is 6. The van der Waals surface area contributed by atoms with Crippen LogP contribution in [0.4, 0.5) is 0 Å². The molecule has 4 nitrogen and oxygen atoms in total. The second kappa shape index (κ2) is 7.41. The van der Waals surface area contributed by atoms with Crippen molar-refractivity contribution in [2.24, 2.45) is 0 Å². The topological polar surface area (TPSA) is 38.8 Å². The molecule has 1 heterocycles. The maximum absolute atomic E-state index is 11.5. The first-order valence-electron chi connectivity index (χ1n) is 7.23. The molecule has 0 bridgehead atoms. The Morgan fingerprint density at radius 2 is 2.25 bits per heavy atom. The Kier molecular flexibility index (Phi) is 5.56. The Bertz CT molecular complexity index is 447. The van der Waals surface area contributed by atoms with Crippen molar-refractivity contribution in [3.05, 3.63) is 35.4 Å². The van der Waals surface area contributed by atoms with Gasteiger partial charge in [0, 0.05) is 6.54 Å². The lowest BCUT2D eigenvalue weighted by molar-refractivity contribution is -0.142. The SMILES string of the molecule is CCCN(CC(=O)OC)CC1OCCc2ccccc21. The van der Waals surface area contributed by atoms with E-state index < -0.39 is 0 Å². The lowest BCUT2D eigenvalue weighted by Gasteiger charge is -2.30. The highest BCUT2D eigenvalue weighted by atomic mass is 16.5. The van der Waals surface area contributed by atoms with E-state index >= 15 is 0 Å². The fourth-order valence-corrected chi connectivity index (χ4v) is 2.66. The Hall–Kier alpha value is -1.39. The van der Waals surface area contributed by atoms with Crippen LogP contribution in [0.25, 0.3) is 0 Å². The number of hydrogen-bond acceptors (Lipinski definition) is 4. The molecule has 0 radical (unpaired) electrons. The van der Waals surface area contributed by atoms with Crippen molar-refractivity contribution in [2.75, 3.05) is 33.4 Å². The highest BCUT2D eigenvalue weighted by molar-refractivity contribution is 5.71. The first-order chi connectivity index (χ1) is 9.74. The van der Waals surface area contributed by atoms with Crippen LogP contribution in [0.5, 0.6) is 0 Å². The summed E-state index contributed by atoms with van der Waals surface area (Å²) in [4.78, 5) is 13.6. The zero-order valence-corrected chi connectivity index (χ0v) is 12.3. The van der Waals surface area contributed by atoms with Crippen molar-refractivity contribution in [3.8, 4) is 0 Å². The van der Waals surface area contributed by atoms with Gasteiger partial charge in [-0.05, 0) is 30.5 Å². The Balaban J connectivity index is 2.05. The summed E-state index contributed by atoms with van der Waals surface area (Å²) in [6.45, 7) is 4.79. The molecule has 1 aliphatic rings. The standard InChI is InChI=1S/C16H23NO3/c1-3-9-17(12-16(18)19-2)11-15-14-7-5-4-6-13(14)8-10-20-15/h4-7,15H,3,8-12H2,1-2H3. The molecule has 0 saturated heterocycles. The predicted molar refractivity (Wildman–Crippen MR) is 77.6 cm³/mol. The van der Waals surface area contributed by atoms with Crippen LogP contribution in [0.2, 0.25) is 0 Å². The second-order valence-electron chi connectivity index (χ2n) is 5.12. The predicted octanol–water partition coefficient (Wildman–Crippen LogP) is 2.19. The third-order valence-electron chi connectivity index (χ3n) is 3.64. The molecule has 20 heavy (non-hydrogen) atoms. The van der Waals surface area contributed by atoms with Crippen LogP contribution < -0.4 is 0 Å². The summed E-state index contributed by atoms with van der Waals surface area (Å²) >= 11 is 0. The van der Waals surface area contributed by atoms with Crippen LogP contribution in [-0.4, -0.2) is 44.2 Å². The van der Waals surface area contributed by atoms with E-state index in [1.54, 1.807) is 0 Å². The number of benzene rings is 1. The molecular weight excluding hydrogens is 254 g/mol. The largest absolute Gasteiger partial charge is 0.468 e. The molecule has 0 N–H and O–H groups in total. The maximum atomic E-state index is 11.5. The summed E-state index contributed by atoms with van der Waals surface area (Å²) in [5.41, 5.74) is 2.61. The van der Waals surface area contributed by atoms with E-state index in [4.69, 9.17) is 9.47 Å². The molecule has 4 heteroatoms. The van der Waals surface area contributed by atoms with Crippen molar-refractivity contribution in [2.45, 2.75) is 25.9 Å². The number of hydrogen-bond donors (Lipinski definition) is 0. The monoisotopic (exact) mass is 277 g/mol. The number of fused-ring (bicyclic) bond motifs is 1. The molecule has 0 aliphatic carbocycles. The first-order valence-corrected chi connectivity index (χ1v) is 7.23. The van der Waals surface area contributed by atoms with E-state index in [0.29, 0.717) is 6.54 Å². The second-order valence-corrected chi connectivity index (χ2v) is 5.12. The van der Waals surface area contributed by atoms with Crippen LogP contribution in [0, 0.1) is 0 Å². The van der Waals surface area contributed by atoms with Gasteiger partial charge in [0.2, 0.25) is 0 Å². The zero-order valence-electron chi connectivity index (χ0n) is 12.3. The number of nitrogens with zero attached hydrogens (tertiary/aromatic N) is 1. The minimum Gasteiger partial charge on any atom is -0.468 e. The number of esters is 1. The van der Waals surface area contributed by atoms with Crippen molar-refractivity contribution >= 4 is 5.97 Å². The highest BCUT2D eigenvalue weighted by Gasteiger charge is 2.23. The summed E-state index contributed by atoms with van der Waals surface area (Å²) in [7, 11) is 1.43. The summed E-state index contributed by atoms with van der Waals surface area (Å²) in [5.74, 6) is -0.192. The van der Waals surface area contributed by atoms with Gasteiger partial charge in [0.05, 0.1) is 26.4 Å². The molecule has 0 spiro atoms. The molecule has 0 fully saturated rings. The lowest BCUT2D eigenvalue weighted by atomic mass is 9.97. The van der Waals surface area contributed by atoms with Crippen molar-refractivity contribution in [1.29, 1.82) is 0 Å². The Morgan fingerprint density at radius 1 is 1.45 bits per heavy atom. The van der Waals surface area contributed by atoms with E-state index in [9.17, 15) is 4.79 Å². The van der Waals surface area contributed by atoms with Crippen molar-refractivity contribution in [3.63, 3.8) is 0 Å². The third kappa shape index (κ3) is 3.81. The molecule has 1 atom stereocenters. The lowest BCUT2D eigenvalue weighted by Crippen LogP contribution is -2.36. The van der Waals surface area contributed by atoms with Crippen LogP contribution >= 0.6 is 0 Å². The summed E-state index contributed by atoms with van der Waals surface area (Å²) < 4.78 is 10.7. The van der Waals surface area contributed by atoms with Crippen LogP contribution in [0.3, 0.4) is 0 Å². The normalized spacial score (nSPS) is 17.9. The van der Waals surface area contributed by atoms with Gasteiger partial charge in [0.15, 0.2) is 0 Å². The van der Waals surface area contributed by atoms with Crippen LogP contribution in [0.1, 0.15) is 30.6 Å². The van der Waals surface area contributed by atoms with Gasteiger partial charge >= 0.3 is 5.97 Å². The van der Waals surface area contributed by atoms with Crippen molar-refractivity contribution < 1.29 is 14.3 Å². The van der Waals surface area contributed by atoms with E-state index in [1.165, 1.54) is 18.2 Å². The summed E-state index contributed by atoms with van der Waals surface area (Å²) in [6.07, 6.45) is 2.03. The fourth-order valence-electron chi connectivity index (χ4n) is 2.66. The molecule has 0 amide bonds. The van der Waals surface area contributed by atoms with Crippen LogP contribution in [-0.2, 0) is 20.7 Å². The van der Waals surface area contributed by atoms with Gasteiger partial charge in [-0.25, -0.2) is 0 Å². The number of carbonyl (C=O) groups is 1. The number of ether oxygens (including phenoxy) is 2. The van der Waals surface area contributed by atoms with Gasteiger partial charge < -0.3 is 9.47 Å². The van der Waals surface area contributed by atoms with E-state index in [-0.39, 0.29) is 12.1 Å². The molecule has 1 aliphatic heterocycles. The molecule has 0 saturated carbocycles. The molecule has 0 aromatic heterocycles. The molecule has 1 aromatic rings. The van der Waals surface area contributed by atoms with Gasteiger partial charge in [0.25, 0.3) is 0 Å². The van der Waals surface area contributed by atoms with Gasteiger partial charge in [-0.15, -0.1) is 0 Å². The zero-order chi connectivity index (χ0) is 14.4. The molecule has 110 valence electrons. The maximum Gasteiger partial charge on any atom is 0.319 e. The van der Waals surface area contributed by atoms with Gasteiger partial charge in [-0.2, -0.15) is 0 Å². The minimum absolute atomic E-state index is 0.0520. The van der Waals surface area contributed by atoms with Gasteiger partial charge in [-0.1, -0.05) is 31.2 Å². The summed E-state index contributed by atoms with van der Waals surface area (Å²) in [6, 6.07) is 8.40. The van der Waals surface area contributed by atoms with E-state index in [0.717, 1.165) is 32.5 Å². The average Bonchev–Trinajstić information content (AvgIpc) is 2.47.